The van der Waals surface area contributed by atoms with Gasteiger partial charge in [0.05, 0.1) is 6.04 Å². The Balaban J connectivity index is 0.00000126. The van der Waals surface area contributed by atoms with Gasteiger partial charge in [-0.3, -0.25) is 4.57 Å². The van der Waals surface area contributed by atoms with Gasteiger partial charge in [-0.15, -0.1) is 0 Å². The highest BCUT2D eigenvalue weighted by atomic mass is 19.1. The molecule has 0 saturated heterocycles. The van der Waals surface area contributed by atoms with Gasteiger partial charge in [-0.1, -0.05) is 26.0 Å². The quantitative estimate of drug-likeness (QED) is 0.782. The first-order chi connectivity index (χ1) is 12.9. The fourth-order valence-corrected chi connectivity index (χ4v) is 3.34. The summed E-state index contributed by atoms with van der Waals surface area (Å²) in [6.07, 6.45) is 1.72. The number of aliphatic hydroxyl groups is 1. The van der Waals surface area contributed by atoms with Crippen molar-refractivity contribution in [2.45, 2.75) is 52.6 Å². The van der Waals surface area contributed by atoms with E-state index in [0.29, 0.717) is 37.2 Å². The SMILES string of the molecule is C=C(C)C(CO)CCn1nc2n(c1=O)C(c1cc(F)cc(F)c1)CC2.CC. The monoisotopic (exact) mass is 379 g/mol. The average molecular weight is 379 g/mol. The standard InChI is InChI=1S/C18H21F2N3O2.C2H6/c1-11(2)12(10-24)5-6-22-18(25)23-16(3-4-17(23)21-22)13-7-14(19)9-15(20)8-13;1-2/h7-9,12,16,24H,1,3-6,10H2,2H3;1-2H3. The smallest absolute Gasteiger partial charge is 0.346 e. The summed E-state index contributed by atoms with van der Waals surface area (Å²) in [6, 6.07) is 2.93. The van der Waals surface area contributed by atoms with E-state index >= 15 is 0 Å². The lowest BCUT2D eigenvalue weighted by Gasteiger charge is -2.14. The van der Waals surface area contributed by atoms with Crippen LogP contribution in [0, 0.1) is 17.6 Å². The topological polar surface area (TPSA) is 60.0 Å². The Labute approximate surface area is 158 Å². The highest BCUT2D eigenvalue weighted by Gasteiger charge is 2.29. The fraction of sp³-hybridized carbons (Fsp3) is 0.500. The summed E-state index contributed by atoms with van der Waals surface area (Å²) in [7, 11) is 0. The summed E-state index contributed by atoms with van der Waals surface area (Å²) in [5, 5.41) is 13.7. The van der Waals surface area contributed by atoms with Gasteiger partial charge in [-0.05, 0) is 37.5 Å². The molecule has 0 aliphatic carbocycles. The number of aryl methyl sites for hydroxylation is 2. The van der Waals surface area contributed by atoms with Crippen LogP contribution in [0.15, 0.2) is 35.1 Å². The highest BCUT2D eigenvalue weighted by molar-refractivity contribution is 5.24. The number of hydrogen-bond acceptors (Lipinski definition) is 3. The van der Waals surface area contributed by atoms with Gasteiger partial charge in [-0.25, -0.2) is 18.3 Å². The van der Waals surface area contributed by atoms with Crippen LogP contribution in [0.25, 0.3) is 0 Å². The van der Waals surface area contributed by atoms with Crippen LogP contribution in [0.2, 0.25) is 0 Å². The molecule has 3 rings (SSSR count). The van der Waals surface area contributed by atoms with Crippen molar-refractivity contribution in [3.8, 4) is 0 Å². The van der Waals surface area contributed by atoms with Gasteiger partial charge in [-0.2, -0.15) is 5.10 Å². The lowest BCUT2D eigenvalue weighted by atomic mass is 9.99. The molecular weight excluding hydrogens is 352 g/mol. The van der Waals surface area contributed by atoms with Crippen LogP contribution in [0.3, 0.4) is 0 Å². The number of nitrogens with zero attached hydrogens (tertiary/aromatic N) is 3. The molecule has 2 unspecified atom stereocenters. The summed E-state index contributed by atoms with van der Waals surface area (Å²) < 4.78 is 29.9. The maximum absolute atomic E-state index is 13.5. The zero-order valence-electron chi connectivity index (χ0n) is 16.1. The van der Waals surface area contributed by atoms with Crippen molar-refractivity contribution in [1.82, 2.24) is 14.3 Å². The molecule has 27 heavy (non-hydrogen) atoms. The number of rotatable bonds is 6. The van der Waals surface area contributed by atoms with Crippen molar-refractivity contribution in [2.24, 2.45) is 5.92 Å². The van der Waals surface area contributed by atoms with E-state index in [1.807, 2.05) is 20.8 Å². The van der Waals surface area contributed by atoms with E-state index in [1.54, 1.807) is 0 Å². The van der Waals surface area contributed by atoms with Crippen molar-refractivity contribution in [2.75, 3.05) is 6.61 Å². The van der Waals surface area contributed by atoms with Gasteiger partial charge in [0.2, 0.25) is 0 Å². The summed E-state index contributed by atoms with van der Waals surface area (Å²) >= 11 is 0. The molecule has 1 aliphatic heterocycles. The molecule has 1 N–H and O–H groups in total. The summed E-state index contributed by atoms with van der Waals surface area (Å²) in [5.41, 5.74) is 1.00. The summed E-state index contributed by atoms with van der Waals surface area (Å²) in [5.74, 6) is -0.778. The predicted octanol–water partition coefficient (Wildman–Crippen LogP) is 3.46. The minimum absolute atomic E-state index is 0.0250. The first-order valence-electron chi connectivity index (χ1n) is 9.31. The van der Waals surface area contributed by atoms with Crippen LogP contribution in [0.4, 0.5) is 8.78 Å². The molecule has 2 atom stereocenters. The second kappa shape index (κ2) is 9.08. The van der Waals surface area contributed by atoms with Crippen molar-refractivity contribution < 1.29 is 13.9 Å². The van der Waals surface area contributed by atoms with Gasteiger partial charge in [0.15, 0.2) is 0 Å². The molecule has 1 aromatic heterocycles. The van der Waals surface area contributed by atoms with Crippen molar-refractivity contribution in [3.05, 3.63) is 63.9 Å². The fourth-order valence-electron chi connectivity index (χ4n) is 3.34. The van der Waals surface area contributed by atoms with Crippen LogP contribution in [0.1, 0.15) is 51.0 Å². The Morgan fingerprint density at radius 2 is 1.96 bits per heavy atom. The Bertz CT molecular complexity index is 837. The lowest BCUT2D eigenvalue weighted by molar-refractivity contribution is 0.233. The van der Waals surface area contributed by atoms with E-state index in [0.717, 1.165) is 11.6 Å². The van der Waals surface area contributed by atoms with E-state index < -0.39 is 17.7 Å². The highest BCUT2D eigenvalue weighted by Crippen LogP contribution is 2.30. The molecular formula is C20H27F2N3O2. The van der Waals surface area contributed by atoms with E-state index in [4.69, 9.17) is 0 Å². The van der Waals surface area contributed by atoms with E-state index in [1.165, 1.54) is 21.4 Å². The minimum Gasteiger partial charge on any atom is -0.396 e. The second-order valence-corrected chi connectivity index (χ2v) is 6.56. The van der Waals surface area contributed by atoms with Crippen LogP contribution >= 0.6 is 0 Å². The van der Waals surface area contributed by atoms with Crippen LogP contribution < -0.4 is 5.69 Å². The Morgan fingerprint density at radius 3 is 2.52 bits per heavy atom. The first kappa shape index (κ1) is 21.0. The third-order valence-electron chi connectivity index (χ3n) is 4.77. The Hall–Kier alpha value is -2.28. The van der Waals surface area contributed by atoms with Gasteiger partial charge < -0.3 is 5.11 Å². The van der Waals surface area contributed by atoms with Gasteiger partial charge >= 0.3 is 5.69 Å². The molecule has 0 spiro atoms. The minimum atomic E-state index is -0.656. The zero-order chi connectivity index (χ0) is 20.1. The summed E-state index contributed by atoms with van der Waals surface area (Å²) in [4.78, 5) is 12.7. The number of halogens is 2. The van der Waals surface area contributed by atoms with Crippen molar-refractivity contribution >= 4 is 0 Å². The third kappa shape index (κ3) is 4.53. The van der Waals surface area contributed by atoms with E-state index in [-0.39, 0.29) is 18.2 Å². The van der Waals surface area contributed by atoms with Crippen molar-refractivity contribution in [3.63, 3.8) is 0 Å². The number of benzene rings is 1. The molecule has 5 nitrogen and oxygen atoms in total. The molecule has 2 heterocycles. The maximum Gasteiger partial charge on any atom is 0.346 e. The molecule has 1 aliphatic rings. The third-order valence-corrected chi connectivity index (χ3v) is 4.77. The molecule has 0 amide bonds. The lowest BCUT2D eigenvalue weighted by Crippen LogP contribution is -2.28. The van der Waals surface area contributed by atoms with Gasteiger partial charge in [0, 0.05) is 31.6 Å². The number of hydrogen-bond donors (Lipinski definition) is 1. The van der Waals surface area contributed by atoms with E-state index in [9.17, 15) is 18.7 Å². The maximum atomic E-state index is 13.5. The predicted molar refractivity (Wildman–Crippen MR) is 101 cm³/mol. The first-order valence-corrected chi connectivity index (χ1v) is 9.31. The van der Waals surface area contributed by atoms with Crippen LogP contribution in [-0.4, -0.2) is 26.1 Å². The molecule has 0 saturated carbocycles. The zero-order valence-corrected chi connectivity index (χ0v) is 16.1. The van der Waals surface area contributed by atoms with Gasteiger partial charge in [0.25, 0.3) is 0 Å². The number of fused-ring (bicyclic) bond motifs is 1. The molecule has 0 bridgehead atoms. The number of aromatic nitrogens is 3. The molecule has 7 heteroatoms. The van der Waals surface area contributed by atoms with Crippen molar-refractivity contribution in [1.29, 1.82) is 0 Å². The Kier molecular flexibility index (Phi) is 7.07. The summed E-state index contributed by atoms with van der Waals surface area (Å²) in [6.45, 7) is 10.0. The van der Waals surface area contributed by atoms with Crippen LogP contribution in [0.5, 0.6) is 0 Å². The molecule has 0 radical (unpaired) electrons. The molecule has 2 aromatic rings. The molecule has 0 fully saturated rings. The normalized spacial score (nSPS) is 16.4. The average Bonchev–Trinajstić information content (AvgIpc) is 3.17. The van der Waals surface area contributed by atoms with Gasteiger partial charge in [0.1, 0.15) is 17.5 Å². The molecule has 1 aromatic carbocycles. The largest absolute Gasteiger partial charge is 0.396 e. The van der Waals surface area contributed by atoms with E-state index in [2.05, 4.69) is 11.7 Å². The van der Waals surface area contributed by atoms with Crippen LogP contribution in [-0.2, 0) is 13.0 Å². The number of aliphatic hydroxyl groups excluding tert-OH is 1. The Morgan fingerprint density at radius 1 is 1.33 bits per heavy atom. The molecule has 148 valence electrons. The second-order valence-electron chi connectivity index (χ2n) is 6.56.